The van der Waals surface area contributed by atoms with Gasteiger partial charge in [0.25, 0.3) is 5.91 Å². The topological polar surface area (TPSA) is 94.2 Å². The number of anilines is 1. The zero-order valence-corrected chi connectivity index (χ0v) is 16.1. The quantitative estimate of drug-likeness (QED) is 0.778. The van der Waals surface area contributed by atoms with E-state index in [1.54, 1.807) is 31.2 Å². The maximum absolute atomic E-state index is 12.8. The maximum Gasteiger partial charge on any atom is 0.265 e. The molecule has 2 aromatic carbocycles. The second-order valence-electron chi connectivity index (χ2n) is 6.87. The molecule has 8 heteroatoms. The molecule has 1 unspecified atom stereocenters. The first-order valence-corrected chi connectivity index (χ1v) is 9.20. The Labute approximate surface area is 167 Å². The summed E-state index contributed by atoms with van der Waals surface area (Å²) in [4.78, 5) is 38.3. The van der Waals surface area contributed by atoms with Crippen LogP contribution in [0.3, 0.4) is 0 Å². The molecular formula is C21H20N2O6. The second-order valence-corrected chi connectivity index (χ2v) is 6.87. The second kappa shape index (κ2) is 7.46. The first-order chi connectivity index (χ1) is 13.9. The van der Waals surface area contributed by atoms with Crippen LogP contribution >= 0.6 is 0 Å². The number of nitrogens with zero attached hydrogens (tertiary/aromatic N) is 1. The van der Waals surface area contributed by atoms with Crippen LogP contribution in [0.15, 0.2) is 36.4 Å². The average molecular weight is 396 g/mol. The fourth-order valence-corrected chi connectivity index (χ4v) is 3.32. The highest BCUT2D eigenvalue weighted by atomic mass is 16.7. The largest absolute Gasteiger partial charge is 0.482 e. The van der Waals surface area contributed by atoms with Gasteiger partial charge >= 0.3 is 0 Å². The molecule has 8 nitrogen and oxygen atoms in total. The molecule has 2 amide bonds. The predicted octanol–water partition coefficient (Wildman–Crippen LogP) is 2.05. The highest BCUT2D eigenvalue weighted by molar-refractivity contribution is 6.05. The van der Waals surface area contributed by atoms with Gasteiger partial charge in [-0.1, -0.05) is 6.07 Å². The molecule has 0 spiro atoms. The minimum atomic E-state index is -0.777. The number of Topliss-reactive ketones (excluding diaryl/α,β-unsaturated/α-hetero) is 1. The number of carbonyl (C=O) groups excluding carboxylic acids is 3. The highest BCUT2D eigenvalue weighted by Gasteiger charge is 2.33. The van der Waals surface area contributed by atoms with Crippen LogP contribution in [0.2, 0.25) is 0 Å². The summed E-state index contributed by atoms with van der Waals surface area (Å²) >= 11 is 0. The third kappa shape index (κ3) is 3.61. The Hall–Kier alpha value is -3.55. The van der Waals surface area contributed by atoms with Gasteiger partial charge in [-0.2, -0.15) is 0 Å². The number of hydrogen-bond acceptors (Lipinski definition) is 6. The van der Waals surface area contributed by atoms with Gasteiger partial charge in [-0.25, -0.2) is 0 Å². The summed E-state index contributed by atoms with van der Waals surface area (Å²) in [7, 11) is 0. The van der Waals surface area contributed by atoms with Crippen molar-refractivity contribution >= 4 is 23.3 Å². The van der Waals surface area contributed by atoms with Crippen LogP contribution in [-0.2, 0) is 16.1 Å². The van der Waals surface area contributed by atoms with Crippen LogP contribution < -0.4 is 24.4 Å². The number of fused-ring (bicyclic) bond motifs is 2. The van der Waals surface area contributed by atoms with Gasteiger partial charge in [-0.3, -0.25) is 19.3 Å². The Morgan fingerprint density at radius 1 is 1.07 bits per heavy atom. The summed E-state index contributed by atoms with van der Waals surface area (Å²) in [5.74, 6) is 0.973. The van der Waals surface area contributed by atoms with E-state index in [-0.39, 0.29) is 37.5 Å². The zero-order valence-electron chi connectivity index (χ0n) is 16.1. The molecule has 2 heterocycles. The fraction of sp³-hybridized carbons (Fsp3) is 0.286. The lowest BCUT2D eigenvalue weighted by Crippen LogP contribution is -2.51. The van der Waals surface area contributed by atoms with Crippen molar-refractivity contribution in [3.8, 4) is 17.2 Å². The molecule has 0 saturated heterocycles. The third-order valence-corrected chi connectivity index (χ3v) is 4.92. The Kier molecular flexibility index (Phi) is 4.84. The monoisotopic (exact) mass is 396 g/mol. The molecular weight excluding hydrogens is 376 g/mol. The number of rotatable bonds is 5. The van der Waals surface area contributed by atoms with Crippen molar-refractivity contribution in [2.45, 2.75) is 26.4 Å². The molecule has 0 aromatic heterocycles. The maximum atomic E-state index is 12.8. The van der Waals surface area contributed by atoms with Gasteiger partial charge in [-0.15, -0.1) is 0 Å². The lowest BCUT2D eigenvalue weighted by molar-refractivity contribution is -0.127. The van der Waals surface area contributed by atoms with E-state index in [4.69, 9.17) is 14.2 Å². The lowest BCUT2D eigenvalue weighted by Gasteiger charge is -2.33. The van der Waals surface area contributed by atoms with Crippen molar-refractivity contribution in [1.29, 1.82) is 0 Å². The fourth-order valence-electron chi connectivity index (χ4n) is 3.32. The molecule has 2 aliphatic heterocycles. The average Bonchev–Trinajstić information content (AvgIpc) is 3.18. The lowest BCUT2D eigenvalue weighted by atomic mass is 10.1. The van der Waals surface area contributed by atoms with Gasteiger partial charge in [-0.05, 0) is 49.7 Å². The van der Waals surface area contributed by atoms with Gasteiger partial charge in [0.1, 0.15) is 11.8 Å². The number of ether oxygens (including phenoxy) is 3. The van der Waals surface area contributed by atoms with Crippen molar-refractivity contribution in [3.05, 3.63) is 47.5 Å². The number of nitrogens with one attached hydrogen (secondary N) is 1. The standard InChI is InChI=1S/C21H20N2O6/c1-12(21(26)22-9-14-3-5-18-19(7-14)29-11-28-18)23-16-8-15(13(2)24)4-6-17(16)27-10-20(23)25/h3-8,12H,9-11H2,1-2H3,(H,22,26). The number of carbonyl (C=O) groups is 3. The SMILES string of the molecule is CC(=O)c1ccc2c(c1)N(C(C)C(=O)NCc1ccc3c(c1)OCO3)C(=O)CO2. The molecule has 29 heavy (non-hydrogen) atoms. The summed E-state index contributed by atoms with van der Waals surface area (Å²) in [5.41, 5.74) is 1.71. The van der Waals surface area contributed by atoms with E-state index in [1.807, 2.05) is 12.1 Å². The van der Waals surface area contributed by atoms with Crippen LogP contribution in [0.4, 0.5) is 5.69 Å². The van der Waals surface area contributed by atoms with E-state index in [1.165, 1.54) is 11.8 Å². The van der Waals surface area contributed by atoms with Crippen molar-refractivity contribution in [2.24, 2.45) is 0 Å². The minimum absolute atomic E-state index is 0.134. The van der Waals surface area contributed by atoms with E-state index in [2.05, 4.69) is 5.32 Å². The highest BCUT2D eigenvalue weighted by Crippen LogP contribution is 2.35. The van der Waals surface area contributed by atoms with Crippen molar-refractivity contribution < 1.29 is 28.6 Å². The zero-order chi connectivity index (χ0) is 20.5. The van der Waals surface area contributed by atoms with Gasteiger partial charge in [0.05, 0.1) is 5.69 Å². The molecule has 0 saturated carbocycles. The van der Waals surface area contributed by atoms with Gasteiger partial charge in [0.2, 0.25) is 12.7 Å². The minimum Gasteiger partial charge on any atom is -0.482 e. The molecule has 1 atom stereocenters. The normalized spacial score (nSPS) is 15.4. The van der Waals surface area contributed by atoms with Gasteiger partial charge in [0.15, 0.2) is 23.9 Å². The van der Waals surface area contributed by atoms with Crippen LogP contribution in [0.25, 0.3) is 0 Å². The van der Waals surface area contributed by atoms with Crippen LogP contribution in [0, 0.1) is 0 Å². The third-order valence-electron chi connectivity index (χ3n) is 4.92. The van der Waals surface area contributed by atoms with E-state index in [9.17, 15) is 14.4 Å². The Morgan fingerprint density at radius 3 is 2.62 bits per heavy atom. The Morgan fingerprint density at radius 2 is 1.83 bits per heavy atom. The molecule has 150 valence electrons. The van der Waals surface area contributed by atoms with Crippen LogP contribution in [0.1, 0.15) is 29.8 Å². The number of amides is 2. The molecule has 0 bridgehead atoms. The number of hydrogen-bond donors (Lipinski definition) is 1. The van der Waals surface area contributed by atoms with Gasteiger partial charge < -0.3 is 19.5 Å². The first kappa shape index (κ1) is 18.8. The van der Waals surface area contributed by atoms with Crippen LogP contribution in [0.5, 0.6) is 17.2 Å². The summed E-state index contributed by atoms with van der Waals surface area (Å²) in [6, 6.07) is 9.52. The molecule has 0 radical (unpaired) electrons. The van der Waals surface area contributed by atoms with E-state index >= 15 is 0 Å². The molecule has 2 aromatic rings. The molecule has 4 rings (SSSR count). The Balaban J connectivity index is 1.50. The van der Waals surface area contributed by atoms with Crippen molar-refractivity contribution in [2.75, 3.05) is 18.3 Å². The van der Waals surface area contributed by atoms with E-state index in [0.717, 1.165) is 5.56 Å². The summed E-state index contributed by atoms with van der Waals surface area (Å²) in [6.07, 6.45) is 0. The van der Waals surface area contributed by atoms with Gasteiger partial charge in [0, 0.05) is 12.1 Å². The van der Waals surface area contributed by atoms with Crippen LogP contribution in [-0.4, -0.2) is 37.0 Å². The summed E-state index contributed by atoms with van der Waals surface area (Å²) in [5, 5.41) is 2.84. The van der Waals surface area contributed by atoms with Crippen molar-refractivity contribution in [1.82, 2.24) is 5.32 Å². The number of ketones is 1. The van der Waals surface area contributed by atoms with E-state index < -0.39 is 6.04 Å². The number of benzene rings is 2. The Bertz CT molecular complexity index is 1000. The first-order valence-electron chi connectivity index (χ1n) is 9.20. The molecule has 0 aliphatic carbocycles. The summed E-state index contributed by atoms with van der Waals surface area (Å²) in [6.45, 7) is 3.38. The molecule has 0 fully saturated rings. The van der Waals surface area contributed by atoms with E-state index in [0.29, 0.717) is 28.5 Å². The molecule has 2 aliphatic rings. The summed E-state index contributed by atoms with van der Waals surface area (Å²) < 4.78 is 16.1. The predicted molar refractivity (Wildman–Crippen MR) is 103 cm³/mol. The molecule has 1 N–H and O–H groups in total. The smallest absolute Gasteiger partial charge is 0.265 e. The van der Waals surface area contributed by atoms with Crippen molar-refractivity contribution in [3.63, 3.8) is 0 Å².